The van der Waals surface area contributed by atoms with Crippen LogP contribution in [-0.2, 0) is 19.1 Å². The highest BCUT2D eigenvalue weighted by atomic mass is 127. The Morgan fingerprint density at radius 1 is 1.19 bits per heavy atom. The molecule has 1 fully saturated rings. The number of benzene rings is 2. The fraction of sp³-hybridized carbons (Fsp3) is 0.360. The summed E-state index contributed by atoms with van der Waals surface area (Å²) in [4.78, 5) is 36.2. The standard InChI is InChI=1S/C25H29IN4O6/c1-3-34-21-12-17(13-28-30-25(33)24(32)27-14-19-8-5-9-35-19)11-20(26)23(21)36-15-22(31)29-18-7-4-6-16(2)10-18/h4,6-7,10-13,19H,3,5,8-9,14-15H2,1-2H3,(H,27,32)(H,29,31)(H,30,33)/b28-13-/t19-/m0/s1. The van der Waals surface area contributed by atoms with Gasteiger partial charge in [0.15, 0.2) is 18.1 Å². The number of rotatable bonds is 10. The van der Waals surface area contributed by atoms with E-state index in [1.54, 1.807) is 18.2 Å². The molecule has 10 nitrogen and oxygen atoms in total. The van der Waals surface area contributed by atoms with Gasteiger partial charge in [0.05, 0.1) is 22.5 Å². The third kappa shape index (κ3) is 8.48. The van der Waals surface area contributed by atoms with Crippen molar-refractivity contribution in [3.05, 3.63) is 51.1 Å². The van der Waals surface area contributed by atoms with Gasteiger partial charge in [0.25, 0.3) is 5.91 Å². The Labute approximate surface area is 223 Å². The number of carbonyl (C=O) groups is 3. The normalized spacial score (nSPS) is 14.9. The van der Waals surface area contributed by atoms with Crippen molar-refractivity contribution >= 4 is 52.2 Å². The molecule has 3 N–H and O–H groups in total. The molecule has 2 aromatic carbocycles. The van der Waals surface area contributed by atoms with Gasteiger partial charge in [-0.15, -0.1) is 0 Å². The number of hydrazone groups is 1. The molecule has 0 spiro atoms. The predicted octanol–water partition coefficient (Wildman–Crippen LogP) is 2.76. The maximum absolute atomic E-state index is 12.3. The number of anilines is 1. The lowest BCUT2D eigenvalue weighted by atomic mass is 10.2. The summed E-state index contributed by atoms with van der Waals surface area (Å²) in [6, 6.07) is 10.9. The van der Waals surface area contributed by atoms with Crippen LogP contribution in [0.15, 0.2) is 41.5 Å². The maximum atomic E-state index is 12.3. The minimum absolute atomic E-state index is 0.0568. The van der Waals surface area contributed by atoms with Gasteiger partial charge in [-0.1, -0.05) is 12.1 Å². The zero-order chi connectivity index (χ0) is 25.9. The maximum Gasteiger partial charge on any atom is 0.329 e. The minimum Gasteiger partial charge on any atom is -0.490 e. The number of ether oxygens (including phenoxy) is 3. The summed E-state index contributed by atoms with van der Waals surface area (Å²) in [6.07, 6.45) is 3.14. The van der Waals surface area contributed by atoms with Crippen LogP contribution in [0.1, 0.15) is 30.9 Å². The molecular weight excluding hydrogens is 579 g/mol. The highest BCUT2D eigenvalue weighted by Gasteiger charge is 2.19. The van der Waals surface area contributed by atoms with Crippen molar-refractivity contribution < 1.29 is 28.6 Å². The fourth-order valence-corrected chi connectivity index (χ4v) is 4.21. The Hall–Kier alpha value is -3.19. The number of amides is 3. The van der Waals surface area contributed by atoms with Crippen LogP contribution in [0.4, 0.5) is 5.69 Å². The summed E-state index contributed by atoms with van der Waals surface area (Å²) in [5.41, 5.74) is 4.55. The summed E-state index contributed by atoms with van der Waals surface area (Å²) >= 11 is 2.07. The largest absolute Gasteiger partial charge is 0.490 e. The van der Waals surface area contributed by atoms with Crippen LogP contribution in [0, 0.1) is 10.5 Å². The van der Waals surface area contributed by atoms with E-state index in [1.165, 1.54) is 6.21 Å². The molecule has 1 aliphatic heterocycles. The molecule has 1 saturated heterocycles. The third-order valence-electron chi connectivity index (χ3n) is 5.08. The molecule has 0 aromatic heterocycles. The van der Waals surface area contributed by atoms with Crippen LogP contribution in [0.25, 0.3) is 0 Å². The Morgan fingerprint density at radius 3 is 2.75 bits per heavy atom. The quantitative estimate of drug-likeness (QED) is 0.165. The summed E-state index contributed by atoms with van der Waals surface area (Å²) in [5.74, 6) is -1.10. The van der Waals surface area contributed by atoms with E-state index < -0.39 is 11.8 Å². The Morgan fingerprint density at radius 2 is 2.03 bits per heavy atom. The summed E-state index contributed by atoms with van der Waals surface area (Å²) in [7, 11) is 0. The van der Waals surface area contributed by atoms with Crippen molar-refractivity contribution in [1.29, 1.82) is 0 Å². The lowest BCUT2D eigenvalue weighted by Crippen LogP contribution is -2.41. The Bertz CT molecular complexity index is 1120. The number of carbonyl (C=O) groups excluding carboxylic acids is 3. The van der Waals surface area contributed by atoms with Gasteiger partial charge in [0.2, 0.25) is 0 Å². The van der Waals surface area contributed by atoms with Crippen LogP contribution in [0.2, 0.25) is 0 Å². The average molecular weight is 608 g/mol. The van der Waals surface area contributed by atoms with Crippen molar-refractivity contribution in [2.45, 2.75) is 32.8 Å². The van der Waals surface area contributed by atoms with Gasteiger partial charge in [-0.2, -0.15) is 5.10 Å². The monoisotopic (exact) mass is 608 g/mol. The zero-order valence-electron chi connectivity index (χ0n) is 20.1. The van der Waals surface area contributed by atoms with Crippen LogP contribution in [0.5, 0.6) is 11.5 Å². The first-order valence-electron chi connectivity index (χ1n) is 11.5. The number of halogens is 1. The summed E-state index contributed by atoms with van der Waals surface area (Å²) in [5, 5.41) is 9.20. The molecule has 3 rings (SSSR count). The molecule has 0 bridgehead atoms. The van der Waals surface area contributed by atoms with Crippen LogP contribution in [0.3, 0.4) is 0 Å². The van der Waals surface area contributed by atoms with Crippen molar-refractivity contribution in [3.63, 3.8) is 0 Å². The van der Waals surface area contributed by atoms with E-state index in [9.17, 15) is 14.4 Å². The van der Waals surface area contributed by atoms with Crippen LogP contribution < -0.4 is 25.5 Å². The van der Waals surface area contributed by atoms with Gasteiger partial charge in [0, 0.05) is 18.8 Å². The molecular formula is C25H29IN4O6. The number of hydrogen-bond donors (Lipinski definition) is 3. The molecule has 1 atom stereocenters. The van der Waals surface area contributed by atoms with E-state index in [0.717, 1.165) is 18.4 Å². The van der Waals surface area contributed by atoms with Gasteiger partial charge >= 0.3 is 11.8 Å². The highest BCUT2D eigenvalue weighted by Crippen LogP contribution is 2.34. The lowest BCUT2D eigenvalue weighted by Gasteiger charge is -2.14. The first kappa shape index (κ1) is 27.4. The predicted molar refractivity (Wildman–Crippen MR) is 143 cm³/mol. The molecule has 0 aliphatic carbocycles. The van der Waals surface area contributed by atoms with Gasteiger partial charge < -0.3 is 24.8 Å². The molecule has 2 aromatic rings. The molecule has 0 saturated carbocycles. The number of aryl methyl sites for hydroxylation is 1. The Balaban J connectivity index is 1.56. The van der Waals surface area contributed by atoms with Gasteiger partial charge in [-0.3, -0.25) is 14.4 Å². The van der Waals surface area contributed by atoms with Crippen LogP contribution >= 0.6 is 22.6 Å². The minimum atomic E-state index is -0.872. The van der Waals surface area contributed by atoms with Crippen LogP contribution in [-0.4, -0.2) is 56.4 Å². The second-order valence-corrected chi connectivity index (χ2v) is 9.18. The highest BCUT2D eigenvalue weighted by molar-refractivity contribution is 14.1. The van der Waals surface area contributed by atoms with E-state index in [2.05, 4.69) is 43.8 Å². The second-order valence-electron chi connectivity index (χ2n) is 8.01. The molecule has 11 heteroatoms. The lowest BCUT2D eigenvalue weighted by molar-refractivity contribution is -0.139. The number of hydrogen-bond acceptors (Lipinski definition) is 7. The number of nitrogens with one attached hydrogen (secondary N) is 3. The molecule has 0 unspecified atom stereocenters. The van der Waals surface area contributed by atoms with Gasteiger partial charge in [-0.05, 0) is 84.7 Å². The molecule has 36 heavy (non-hydrogen) atoms. The van der Waals surface area contributed by atoms with E-state index in [0.29, 0.717) is 39.5 Å². The van der Waals surface area contributed by atoms with Crippen molar-refractivity contribution in [2.24, 2.45) is 5.10 Å². The first-order valence-corrected chi connectivity index (χ1v) is 12.6. The molecule has 3 amide bonds. The van der Waals surface area contributed by atoms with Gasteiger partial charge in [0.1, 0.15) is 0 Å². The zero-order valence-corrected chi connectivity index (χ0v) is 22.3. The Kier molecular flexibility index (Phi) is 10.5. The van der Waals surface area contributed by atoms with Crippen molar-refractivity contribution in [1.82, 2.24) is 10.7 Å². The van der Waals surface area contributed by atoms with E-state index in [1.807, 2.05) is 32.0 Å². The first-order chi connectivity index (χ1) is 17.4. The third-order valence-corrected chi connectivity index (χ3v) is 5.88. The topological polar surface area (TPSA) is 127 Å². The number of nitrogens with zero attached hydrogens (tertiary/aromatic N) is 1. The molecule has 1 heterocycles. The second kappa shape index (κ2) is 13.8. The molecule has 1 aliphatic rings. The van der Waals surface area contributed by atoms with Crippen molar-refractivity contribution in [2.75, 3.05) is 31.7 Å². The van der Waals surface area contributed by atoms with E-state index in [-0.39, 0.29) is 25.2 Å². The van der Waals surface area contributed by atoms with E-state index in [4.69, 9.17) is 14.2 Å². The SMILES string of the molecule is CCOc1cc(/C=N\NC(=O)C(=O)NC[C@@H]2CCCO2)cc(I)c1OCC(=O)Nc1cccc(C)c1. The van der Waals surface area contributed by atoms with E-state index >= 15 is 0 Å². The summed E-state index contributed by atoms with van der Waals surface area (Å²) < 4.78 is 17.5. The van der Waals surface area contributed by atoms with Gasteiger partial charge in [-0.25, -0.2) is 5.43 Å². The molecule has 192 valence electrons. The molecule has 0 radical (unpaired) electrons. The average Bonchev–Trinajstić information content (AvgIpc) is 3.36. The fourth-order valence-electron chi connectivity index (χ4n) is 3.43. The summed E-state index contributed by atoms with van der Waals surface area (Å²) in [6.45, 7) is 4.91. The smallest absolute Gasteiger partial charge is 0.329 e. The van der Waals surface area contributed by atoms with Crippen molar-refractivity contribution in [3.8, 4) is 11.5 Å².